The Balaban J connectivity index is 0.00000450. The van der Waals surface area contributed by atoms with Crippen molar-refractivity contribution in [3.05, 3.63) is 29.8 Å². The summed E-state index contributed by atoms with van der Waals surface area (Å²) in [7, 11) is 1.72. The number of nitrogens with zero attached hydrogens (tertiary/aromatic N) is 2. The lowest BCUT2D eigenvalue weighted by atomic mass is 10.0. The maximum absolute atomic E-state index is 12.2. The molecule has 0 aliphatic carbocycles. The summed E-state index contributed by atoms with van der Waals surface area (Å²) in [5, 5.41) is 6.52. The summed E-state index contributed by atoms with van der Waals surface area (Å²) >= 11 is 0. The number of nitrogens with one attached hydrogen (secondary N) is 2. The van der Waals surface area contributed by atoms with Crippen LogP contribution in [0.2, 0.25) is 0 Å². The minimum Gasteiger partial charge on any atom is -0.484 e. The van der Waals surface area contributed by atoms with Crippen LogP contribution < -0.4 is 15.4 Å². The van der Waals surface area contributed by atoms with Crippen LogP contribution in [0.25, 0.3) is 0 Å². The van der Waals surface area contributed by atoms with E-state index < -0.39 is 12.8 Å². The number of guanidine groups is 1. The second-order valence-electron chi connectivity index (χ2n) is 7.66. The van der Waals surface area contributed by atoms with Crippen molar-refractivity contribution in [3.8, 4) is 5.75 Å². The maximum atomic E-state index is 12.2. The summed E-state index contributed by atoms with van der Waals surface area (Å²) in [6.07, 6.45) is 0.576. The lowest BCUT2D eigenvalue weighted by Crippen LogP contribution is -2.38. The summed E-state index contributed by atoms with van der Waals surface area (Å²) in [6, 6.07) is 6.57. The average molecular weight is 542 g/mol. The Hall–Kier alpha value is -1.23. The number of rotatable bonds is 9. The minimum absolute atomic E-state index is 0. The molecule has 1 aliphatic heterocycles. The standard InChI is InChI=1S/C21H33F3N4O.HI/c1-17-6-5-13-28(15-17)12-4-3-11-26-20(25-2)27-14-18-7-9-19(10-8-18)29-16-21(22,23)24;/h7-10,17H,3-6,11-16H2,1-2H3,(H2,25,26,27);1H. The van der Waals surface area contributed by atoms with Crippen molar-refractivity contribution in [2.45, 2.75) is 45.3 Å². The van der Waals surface area contributed by atoms with Gasteiger partial charge in [-0.3, -0.25) is 4.99 Å². The van der Waals surface area contributed by atoms with Gasteiger partial charge >= 0.3 is 6.18 Å². The van der Waals surface area contributed by atoms with Crippen LogP contribution in [0.5, 0.6) is 5.75 Å². The molecule has 5 nitrogen and oxygen atoms in total. The highest BCUT2D eigenvalue weighted by Crippen LogP contribution is 2.19. The predicted octanol–water partition coefficient (Wildman–Crippen LogP) is 4.42. The van der Waals surface area contributed by atoms with E-state index in [0.717, 1.165) is 37.4 Å². The van der Waals surface area contributed by atoms with Crippen molar-refractivity contribution in [1.82, 2.24) is 15.5 Å². The number of hydrogen-bond donors (Lipinski definition) is 2. The van der Waals surface area contributed by atoms with Gasteiger partial charge in [0.15, 0.2) is 12.6 Å². The number of benzene rings is 1. The van der Waals surface area contributed by atoms with E-state index in [-0.39, 0.29) is 29.7 Å². The van der Waals surface area contributed by atoms with E-state index in [0.29, 0.717) is 12.5 Å². The molecule has 0 bridgehead atoms. The Morgan fingerprint density at radius 2 is 1.93 bits per heavy atom. The molecule has 0 aromatic heterocycles. The molecule has 1 saturated heterocycles. The zero-order valence-electron chi connectivity index (χ0n) is 17.8. The number of ether oxygens (including phenoxy) is 1. The Labute approximate surface area is 194 Å². The quantitative estimate of drug-likeness (QED) is 0.210. The molecule has 9 heteroatoms. The fraction of sp³-hybridized carbons (Fsp3) is 0.667. The Morgan fingerprint density at radius 3 is 2.57 bits per heavy atom. The van der Waals surface area contributed by atoms with Crippen LogP contribution in [0, 0.1) is 5.92 Å². The fourth-order valence-electron chi connectivity index (χ4n) is 3.43. The zero-order chi connectivity index (χ0) is 21.1. The number of likely N-dealkylation sites (tertiary alicyclic amines) is 1. The molecular weight excluding hydrogens is 508 g/mol. The first-order chi connectivity index (χ1) is 13.9. The smallest absolute Gasteiger partial charge is 0.422 e. The van der Waals surface area contributed by atoms with E-state index >= 15 is 0 Å². The number of halogens is 4. The van der Waals surface area contributed by atoms with E-state index in [4.69, 9.17) is 4.74 Å². The van der Waals surface area contributed by atoms with Crippen molar-refractivity contribution in [1.29, 1.82) is 0 Å². The maximum Gasteiger partial charge on any atom is 0.422 e. The highest BCUT2D eigenvalue weighted by atomic mass is 127. The first-order valence-electron chi connectivity index (χ1n) is 10.3. The second kappa shape index (κ2) is 14.0. The van der Waals surface area contributed by atoms with E-state index in [2.05, 4.69) is 27.4 Å². The van der Waals surface area contributed by atoms with Crippen molar-refractivity contribution in [3.63, 3.8) is 0 Å². The van der Waals surface area contributed by atoms with Crippen molar-refractivity contribution >= 4 is 29.9 Å². The number of unbranched alkanes of at least 4 members (excludes halogenated alkanes) is 1. The third-order valence-corrected chi connectivity index (χ3v) is 4.94. The third kappa shape index (κ3) is 11.2. The van der Waals surface area contributed by atoms with Gasteiger partial charge in [-0.1, -0.05) is 19.1 Å². The van der Waals surface area contributed by atoms with Gasteiger partial charge in [-0.15, -0.1) is 24.0 Å². The molecule has 0 spiro atoms. The molecule has 2 N–H and O–H groups in total. The van der Waals surface area contributed by atoms with Crippen molar-refractivity contribution in [2.75, 3.05) is 39.8 Å². The van der Waals surface area contributed by atoms with Crippen LogP contribution in [0.3, 0.4) is 0 Å². The summed E-state index contributed by atoms with van der Waals surface area (Å²) in [6.45, 7) is 6.03. The van der Waals surface area contributed by atoms with Gasteiger partial charge in [0.1, 0.15) is 5.75 Å². The summed E-state index contributed by atoms with van der Waals surface area (Å²) in [5.41, 5.74) is 0.937. The molecule has 1 fully saturated rings. The summed E-state index contributed by atoms with van der Waals surface area (Å²) < 4.78 is 41.2. The molecule has 1 heterocycles. The van der Waals surface area contributed by atoms with E-state index in [1.807, 2.05) is 0 Å². The van der Waals surface area contributed by atoms with Crippen LogP contribution in [0.1, 0.15) is 38.2 Å². The van der Waals surface area contributed by atoms with Gasteiger partial charge in [0.25, 0.3) is 0 Å². The van der Waals surface area contributed by atoms with Gasteiger partial charge in [-0.2, -0.15) is 13.2 Å². The molecule has 0 saturated carbocycles. The molecule has 1 aromatic carbocycles. The molecule has 0 radical (unpaired) electrons. The highest BCUT2D eigenvalue weighted by Gasteiger charge is 2.28. The number of piperidine rings is 1. The Morgan fingerprint density at radius 1 is 1.20 bits per heavy atom. The predicted molar refractivity (Wildman–Crippen MR) is 126 cm³/mol. The van der Waals surface area contributed by atoms with E-state index in [1.54, 1.807) is 31.3 Å². The van der Waals surface area contributed by atoms with E-state index in [9.17, 15) is 13.2 Å². The molecule has 0 amide bonds. The third-order valence-electron chi connectivity index (χ3n) is 4.94. The SMILES string of the molecule is CN=C(NCCCCN1CCCC(C)C1)NCc1ccc(OCC(F)(F)F)cc1.I. The largest absolute Gasteiger partial charge is 0.484 e. The Kier molecular flexibility index (Phi) is 12.5. The first-order valence-corrected chi connectivity index (χ1v) is 10.3. The molecule has 1 atom stereocenters. The van der Waals surface area contributed by atoms with Crippen LogP contribution in [0.4, 0.5) is 13.2 Å². The lowest BCUT2D eigenvalue weighted by molar-refractivity contribution is -0.153. The number of alkyl halides is 3. The molecule has 2 rings (SSSR count). The molecule has 1 aromatic rings. The molecule has 172 valence electrons. The first kappa shape index (κ1) is 26.8. The van der Waals surface area contributed by atoms with Gasteiger partial charge in [0.05, 0.1) is 0 Å². The molecular formula is C21H34F3IN4O. The second-order valence-corrected chi connectivity index (χ2v) is 7.66. The molecule has 1 aliphatic rings. The normalized spacial score (nSPS) is 17.9. The number of aliphatic imine (C=N–C) groups is 1. The van der Waals surface area contributed by atoms with Gasteiger partial charge in [-0.05, 0) is 62.4 Å². The fourth-order valence-corrected chi connectivity index (χ4v) is 3.43. The molecule has 30 heavy (non-hydrogen) atoms. The van der Waals surface area contributed by atoms with Crippen molar-refractivity contribution in [2.24, 2.45) is 10.9 Å². The Bertz CT molecular complexity index is 626. The molecule has 1 unspecified atom stereocenters. The van der Waals surface area contributed by atoms with E-state index in [1.165, 1.54) is 25.9 Å². The minimum atomic E-state index is -4.33. The summed E-state index contributed by atoms with van der Waals surface area (Å²) in [5.74, 6) is 1.74. The highest BCUT2D eigenvalue weighted by molar-refractivity contribution is 14.0. The van der Waals surface area contributed by atoms with Gasteiger partial charge < -0.3 is 20.3 Å². The van der Waals surface area contributed by atoms with Crippen LogP contribution in [-0.2, 0) is 6.54 Å². The average Bonchev–Trinajstić information content (AvgIpc) is 2.69. The van der Waals surface area contributed by atoms with Crippen LogP contribution in [0.15, 0.2) is 29.3 Å². The topological polar surface area (TPSA) is 48.9 Å². The lowest BCUT2D eigenvalue weighted by Gasteiger charge is -2.30. The monoisotopic (exact) mass is 542 g/mol. The zero-order valence-corrected chi connectivity index (χ0v) is 20.1. The summed E-state index contributed by atoms with van der Waals surface area (Å²) in [4.78, 5) is 6.77. The van der Waals surface area contributed by atoms with Gasteiger partial charge in [-0.25, -0.2) is 0 Å². The van der Waals surface area contributed by atoms with Crippen molar-refractivity contribution < 1.29 is 17.9 Å². The van der Waals surface area contributed by atoms with Crippen LogP contribution >= 0.6 is 24.0 Å². The van der Waals surface area contributed by atoms with Crippen LogP contribution in [-0.4, -0.2) is 56.9 Å². The van der Waals surface area contributed by atoms with Gasteiger partial charge in [0, 0.05) is 26.7 Å². The van der Waals surface area contributed by atoms with Gasteiger partial charge in [0.2, 0.25) is 0 Å². The number of hydrogen-bond acceptors (Lipinski definition) is 3.